The summed E-state index contributed by atoms with van der Waals surface area (Å²) in [6.07, 6.45) is 3.65. The topological polar surface area (TPSA) is 104 Å². The fraction of sp³-hybridized carbons (Fsp3) is 0.229. The molecule has 47 heavy (non-hydrogen) atoms. The predicted molar refractivity (Wildman–Crippen MR) is 170 cm³/mol. The van der Waals surface area contributed by atoms with E-state index in [1.165, 1.54) is 41.0 Å². The van der Waals surface area contributed by atoms with Crippen molar-refractivity contribution in [3.63, 3.8) is 0 Å². The average molecular weight is 641 g/mol. The fourth-order valence-corrected chi connectivity index (χ4v) is 5.62. The first kappa shape index (κ1) is 30.3. The SMILES string of the molecule is O=C(Nc1ccc(Oc2ccnc3cc(OCCN4CCOCC4)ccc23)c(F)c1)c1c2c(cn(-c3ccc(F)cc3)c1=O)CCO2. The molecule has 0 aliphatic carbocycles. The van der Waals surface area contributed by atoms with Crippen molar-refractivity contribution in [1.82, 2.24) is 14.5 Å². The lowest BCUT2D eigenvalue weighted by atomic mass is 10.1. The third-order valence-corrected chi connectivity index (χ3v) is 8.05. The summed E-state index contributed by atoms with van der Waals surface area (Å²) in [4.78, 5) is 33.5. The maximum atomic E-state index is 15.3. The Kier molecular flexibility index (Phi) is 8.51. The number of aromatic nitrogens is 2. The van der Waals surface area contributed by atoms with Crippen LogP contribution in [0.5, 0.6) is 23.0 Å². The minimum atomic E-state index is -0.763. The van der Waals surface area contributed by atoms with Gasteiger partial charge in [0.15, 0.2) is 11.6 Å². The van der Waals surface area contributed by atoms with Crippen LogP contribution in [-0.4, -0.2) is 66.4 Å². The van der Waals surface area contributed by atoms with E-state index in [-0.39, 0.29) is 22.7 Å². The summed E-state index contributed by atoms with van der Waals surface area (Å²) in [6.45, 7) is 4.86. The van der Waals surface area contributed by atoms with Gasteiger partial charge in [-0.3, -0.25) is 24.0 Å². The summed E-state index contributed by atoms with van der Waals surface area (Å²) in [5.74, 6) is -0.768. The first-order chi connectivity index (χ1) is 22.9. The Morgan fingerprint density at radius 2 is 1.79 bits per heavy atom. The van der Waals surface area contributed by atoms with Gasteiger partial charge in [0.2, 0.25) is 0 Å². The molecule has 240 valence electrons. The maximum Gasteiger partial charge on any atom is 0.271 e. The molecule has 1 fully saturated rings. The van der Waals surface area contributed by atoms with Gasteiger partial charge >= 0.3 is 0 Å². The second-order valence-electron chi connectivity index (χ2n) is 11.1. The summed E-state index contributed by atoms with van der Waals surface area (Å²) in [5.41, 5.74) is 0.915. The van der Waals surface area contributed by atoms with Gasteiger partial charge in [-0.2, -0.15) is 0 Å². The molecule has 3 aromatic carbocycles. The molecule has 2 aromatic heterocycles. The molecule has 1 saturated heterocycles. The molecule has 0 saturated carbocycles. The summed E-state index contributed by atoms with van der Waals surface area (Å²) >= 11 is 0. The van der Waals surface area contributed by atoms with Gasteiger partial charge < -0.3 is 24.3 Å². The second-order valence-corrected chi connectivity index (χ2v) is 11.1. The lowest BCUT2D eigenvalue weighted by molar-refractivity contribution is 0.0322. The van der Waals surface area contributed by atoms with E-state index in [0.717, 1.165) is 38.9 Å². The largest absolute Gasteiger partial charge is 0.492 e. The third kappa shape index (κ3) is 6.51. The van der Waals surface area contributed by atoms with Gasteiger partial charge in [-0.25, -0.2) is 8.78 Å². The lowest BCUT2D eigenvalue weighted by Crippen LogP contribution is -2.38. The molecule has 2 aliphatic heterocycles. The number of morpholine rings is 1. The third-order valence-electron chi connectivity index (χ3n) is 8.05. The predicted octanol–water partition coefficient (Wildman–Crippen LogP) is 5.35. The van der Waals surface area contributed by atoms with Gasteiger partial charge in [-0.05, 0) is 54.6 Å². The number of hydrogen-bond acceptors (Lipinski definition) is 8. The highest BCUT2D eigenvalue weighted by Crippen LogP contribution is 2.34. The molecule has 0 radical (unpaired) electrons. The van der Waals surface area contributed by atoms with Crippen molar-refractivity contribution in [3.05, 3.63) is 112 Å². The van der Waals surface area contributed by atoms with Crippen LogP contribution in [0.15, 0.2) is 83.9 Å². The minimum absolute atomic E-state index is 0.0658. The summed E-state index contributed by atoms with van der Waals surface area (Å²) in [6, 6.07) is 16.4. The fourth-order valence-electron chi connectivity index (χ4n) is 5.62. The van der Waals surface area contributed by atoms with Crippen LogP contribution in [0.1, 0.15) is 15.9 Å². The molecule has 0 spiro atoms. The Hall–Kier alpha value is -5.33. The molecule has 0 unspecified atom stereocenters. The van der Waals surface area contributed by atoms with E-state index < -0.39 is 23.1 Å². The van der Waals surface area contributed by atoms with Gasteiger partial charge in [0, 0.05) is 72.9 Å². The number of hydrogen-bond donors (Lipinski definition) is 1. The molecule has 1 N–H and O–H groups in total. The summed E-state index contributed by atoms with van der Waals surface area (Å²) < 4.78 is 53.0. The van der Waals surface area contributed by atoms with Crippen molar-refractivity contribution < 1.29 is 32.5 Å². The highest BCUT2D eigenvalue weighted by atomic mass is 19.1. The molecule has 12 heteroatoms. The van der Waals surface area contributed by atoms with Crippen molar-refractivity contribution in [1.29, 1.82) is 0 Å². The first-order valence-electron chi connectivity index (χ1n) is 15.2. The van der Waals surface area contributed by atoms with Gasteiger partial charge in [0.05, 0.1) is 25.3 Å². The van der Waals surface area contributed by atoms with Gasteiger partial charge in [0.25, 0.3) is 11.5 Å². The van der Waals surface area contributed by atoms with E-state index in [4.69, 9.17) is 18.9 Å². The second kappa shape index (κ2) is 13.2. The van der Waals surface area contributed by atoms with Crippen LogP contribution in [0.25, 0.3) is 16.6 Å². The van der Waals surface area contributed by atoms with Crippen LogP contribution in [0, 0.1) is 11.6 Å². The molecule has 0 atom stereocenters. The molecular weight excluding hydrogens is 610 g/mol. The van der Waals surface area contributed by atoms with Crippen molar-refractivity contribution in [2.75, 3.05) is 51.4 Å². The Morgan fingerprint density at radius 3 is 2.60 bits per heavy atom. The number of rotatable bonds is 9. The molecule has 10 nitrogen and oxygen atoms in total. The normalized spacial score (nSPS) is 14.4. The molecule has 5 aromatic rings. The lowest BCUT2D eigenvalue weighted by Gasteiger charge is -2.26. The number of anilines is 1. The smallest absolute Gasteiger partial charge is 0.271 e. The summed E-state index contributed by atoms with van der Waals surface area (Å²) in [7, 11) is 0. The van der Waals surface area contributed by atoms with Crippen molar-refractivity contribution in [2.24, 2.45) is 0 Å². The van der Waals surface area contributed by atoms with Crippen molar-refractivity contribution in [2.45, 2.75) is 6.42 Å². The molecule has 7 rings (SSSR count). The van der Waals surface area contributed by atoms with Gasteiger partial charge in [-0.15, -0.1) is 0 Å². The van der Waals surface area contributed by atoms with Crippen LogP contribution in [0.4, 0.5) is 14.5 Å². The van der Waals surface area contributed by atoms with Crippen LogP contribution in [0.3, 0.4) is 0 Å². The number of nitrogens with zero attached hydrogens (tertiary/aromatic N) is 3. The number of amides is 1. The Labute approximate surface area is 268 Å². The van der Waals surface area contributed by atoms with Crippen LogP contribution >= 0.6 is 0 Å². The standard InChI is InChI=1S/C35H30F2N4O6/c36-23-1-4-25(5-2-23)41-21-22-10-15-46-33(22)32(35(41)43)34(42)39-24-3-8-31(28(37)19-24)47-30-9-11-38-29-20-26(6-7-27(29)30)45-18-14-40-12-16-44-17-13-40/h1-9,11,19-21H,10,12-18H2,(H,39,42). The van der Waals surface area contributed by atoms with E-state index in [2.05, 4.69) is 15.2 Å². The van der Waals surface area contributed by atoms with E-state index in [0.29, 0.717) is 53.3 Å². The minimum Gasteiger partial charge on any atom is -0.492 e. The molecular formula is C35H30F2N4O6. The molecule has 2 aliphatic rings. The van der Waals surface area contributed by atoms with Gasteiger partial charge in [-0.1, -0.05) is 0 Å². The van der Waals surface area contributed by atoms with E-state index in [1.807, 2.05) is 18.2 Å². The number of ether oxygens (including phenoxy) is 4. The maximum absolute atomic E-state index is 15.3. The molecule has 4 heterocycles. The number of carbonyl (C=O) groups excluding carboxylic acids is 1. The monoisotopic (exact) mass is 640 g/mol. The molecule has 1 amide bonds. The number of fused-ring (bicyclic) bond motifs is 2. The Morgan fingerprint density at radius 1 is 0.957 bits per heavy atom. The Balaban J connectivity index is 1.06. The van der Waals surface area contributed by atoms with Crippen molar-refractivity contribution in [3.8, 4) is 28.7 Å². The highest BCUT2D eigenvalue weighted by molar-refractivity contribution is 6.06. The zero-order valence-corrected chi connectivity index (χ0v) is 25.2. The van der Waals surface area contributed by atoms with Gasteiger partial charge in [0.1, 0.15) is 35.2 Å². The van der Waals surface area contributed by atoms with Crippen molar-refractivity contribution >= 4 is 22.5 Å². The number of halogens is 2. The number of pyridine rings is 2. The quantitative estimate of drug-likeness (QED) is 0.230. The van der Waals surface area contributed by atoms with E-state index in [1.54, 1.807) is 18.5 Å². The molecule has 0 bridgehead atoms. The Bertz CT molecular complexity index is 2010. The zero-order chi connectivity index (χ0) is 32.3. The highest BCUT2D eigenvalue weighted by Gasteiger charge is 2.27. The van der Waals surface area contributed by atoms with E-state index in [9.17, 15) is 14.0 Å². The van der Waals surface area contributed by atoms with E-state index >= 15 is 4.39 Å². The first-order valence-corrected chi connectivity index (χ1v) is 15.2. The number of benzene rings is 3. The average Bonchev–Trinajstić information content (AvgIpc) is 3.55. The number of carbonyl (C=O) groups is 1. The van der Waals surface area contributed by atoms with Crippen LogP contribution < -0.4 is 25.1 Å². The van der Waals surface area contributed by atoms with Crippen LogP contribution in [0.2, 0.25) is 0 Å². The van der Waals surface area contributed by atoms with Crippen LogP contribution in [-0.2, 0) is 11.2 Å². The number of nitrogens with one attached hydrogen (secondary N) is 1. The summed E-state index contributed by atoms with van der Waals surface area (Å²) in [5, 5.41) is 3.27. The zero-order valence-electron chi connectivity index (χ0n) is 25.2.